The van der Waals surface area contributed by atoms with Crippen molar-refractivity contribution in [1.29, 1.82) is 0 Å². The van der Waals surface area contributed by atoms with Crippen molar-refractivity contribution in [2.75, 3.05) is 5.73 Å². The highest BCUT2D eigenvalue weighted by Crippen LogP contribution is 2.38. The van der Waals surface area contributed by atoms with E-state index in [9.17, 15) is 35.9 Å². The first-order chi connectivity index (χ1) is 16.2. The largest absolute Gasteiger partial charge is 0.397 e. The van der Waals surface area contributed by atoms with Gasteiger partial charge in [0.1, 0.15) is 17.2 Å². The second-order valence-electron chi connectivity index (χ2n) is 7.93. The van der Waals surface area contributed by atoms with Crippen LogP contribution in [0, 0.1) is 24.4 Å². The van der Waals surface area contributed by atoms with Gasteiger partial charge < -0.3 is 11.1 Å². The first-order valence-electron chi connectivity index (χ1n) is 10.2. The number of alkyl halides is 3. The van der Waals surface area contributed by atoms with E-state index in [0.29, 0.717) is 10.2 Å². The molecule has 0 aliphatic rings. The zero-order chi connectivity index (χ0) is 26.2. The molecule has 2 aromatic carbocycles. The van der Waals surface area contributed by atoms with E-state index in [1.54, 1.807) is 6.92 Å². The minimum atomic E-state index is -4.76. The molecule has 3 N–H and O–H groups in total. The summed E-state index contributed by atoms with van der Waals surface area (Å²) in [6, 6.07) is 5.24. The van der Waals surface area contributed by atoms with Gasteiger partial charge >= 0.3 is 6.18 Å². The fraction of sp³-hybridized carbons (Fsp3) is 0.261. The molecule has 0 radical (unpaired) electrons. The Bertz CT molecular complexity index is 1290. The number of rotatable bonds is 6. The Hall–Kier alpha value is -3.83. The number of hydrogen-bond acceptors (Lipinski definition) is 4. The third-order valence-electron chi connectivity index (χ3n) is 5.37. The van der Waals surface area contributed by atoms with Gasteiger partial charge in [0.2, 0.25) is 0 Å². The molecule has 35 heavy (non-hydrogen) atoms. The van der Waals surface area contributed by atoms with Crippen LogP contribution in [-0.2, 0) is 6.54 Å². The van der Waals surface area contributed by atoms with Crippen LogP contribution < -0.4 is 11.1 Å². The van der Waals surface area contributed by atoms with Crippen LogP contribution in [-0.4, -0.2) is 27.6 Å². The number of aryl methyl sites for hydroxylation is 1. The number of benzene rings is 2. The Kier molecular flexibility index (Phi) is 6.95. The fourth-order valence-corrected chi connectivity index (χ4v) is 3.46. The summed E-state index contributed by atoms with van der Waals surface area (Å²) in [5, 5.41) is 6.03. The van der Waals surface area contributed by atoms with Gasteiger partial charge in [0.25, 0.3) is 5.91 Å². The first-order valence-corrected chi connectivity index (χ1v) is 10.2. The second-order valence-corrected chi connectivity index (χ2v) is 7.93. The van der Waals surface area contributed by atoms with E-state index >= 15 is 0 Å². The van der Waals surface area contributed by atoms with Crippen molar-refractivity contribution in [3.8, 4) is 5.69 Å². The van der Waals surface area contributed by atoms with Gasteiger partial charge in [-0.2, -0.15) is 18.3 Å². The number of ketones is 1. The molecule has 0 spiro atoms. The highest BCUT2D eigenvalue weighted by Gasteiger charge is 2.41. The lowest BCUT2D eigenvalue weighted by Crippen LogP contribution is -2.24. The zero-order valence-corrected chi connectivity index (χ0v) is 18.7. The van der Waals surface area contributed by atoms with Crippen molar-refractivity contribution in [2.24, 2.45) is 0 Å². The number of nitrogens with zero attached hydrogens (tertiary/aromatic N) is 2. The van der Waals surface area contributed by atoms with Gasteiger partial charge in [0.05, 0.1) is 17.3 Å². The predicted molar refractivity (Wildman–Crippen MR) is 115 cm³/mol. The lowest BCUT2D eigenvalue weighted by Gasteiger charge is -2.13. The molecule has 1 atom stereocenters. The molecule has 0 saturated carbocycles. The van der Waals surface area contributed by atoms with Crippen molar-refractivity contribution in [3.05, 3.63) is 75.9 Å². The molecule has 0 fully saturated rings. The number of carbonyl (C=O) groups is 2. The van der Waals surface area contributed by atoms with Gasteiger partial charge in [0.15, 0.2) is 17.4 Å². The fourth-order valence-electron chi connectivity index (χ4n) is 3.46. The van der Waals surface area contributed by atoms with Gasteiger partial charge in [-0.3, -0.25) is 9.59 Å². The van der Waals surface area contributed by atoms with Gasteiger partial charge in [-0.1, -0.05) is 6.07 Å². The lowest BCUT2D eigenvalue weighted by molar-refractivity contribution is -0.147. The summed E-state index contributed by atoms with van der Waals surface area (Å²) in [6.07, 6.45) is -4.76. The Balaban J connectivity index is 1.96. The lowest BCUT2D eigenvalue weighted by atomic mass is 10.1. The predicted octanol–water partition coefficient (Wildman–Crippen LogP) is 4.98. The number of amides is 1. The number of halogens is 6. The molecule has 0 bridgehead atoms. The van der Waals surface area contributed by atoms with Crippen LogP contribution in [0.3, 0.4) is 0 Å². The van der Waals surface area contributed by atoms with Crippen LogP contribution >= 0.6 is 0 Å². The van der Waals surface area contributed by atoms with Gasteiger partial charge in [-0.15, -0.1) is 0 Å². The number of nitrogens with two attached hydrogens (primary N) is 1. The quantitative estimate of drug-likeness (QED) is 0.371. The maximum Gasteiger partial charge on any atom is 0.397 e. The van der Waals surface area contributed by atoms with Crippen molar-refractivity contribution >= 4 is 17.4 Å². The molecular formula is C23H20F6N4O2. The van der Waals surface area contributed by atoms with Crippen molar-refractivity contribution in [2.45, 2.75) is 39.4 Å². The average molecular weight is 498 g/mol. The SMILES string of the molecule is CC(=O)c1c(N)c(C(C)C(F)(F)F)nn1-c1c(F)cc(CNC(=O)c2cc(F)ccc2C)cc1F. The molecule has 1 unspecified atom stereocenters. The molecule has 3 aromatic rings. The normalized spacial score (nSPS) is 12.5. The van der Waals surface area contributed by atoms with Crippen LogP contribution in [0.4, 0.5) is 32.0 Å². The number of Topliss-reactive ketones (excluding diaryl/α,β-unsaturated/α-hetero) is 1. The summed E-state index contributed by atoms with van der Waals surface area (Å²) in [6.45, 7) is 2.96. The Morgan fingerprint density at radius 1 is 1.11 bits per heavy atom. The molecule has 0 aliphatic heterocycles. The topological polar surface area (TPSA) is 90.0 Å². The first kappa shape index (κ1) is 25.8. The van der Waals surface area contributed by atoms with E-state index in [1.807, 2.05) is 0 Å². The number of nitrogen functional groups attached to an aromatic ring is 1. The van der Waals surface area contributed by atoms with Crippen molar-refractivity contribution in [1.82, 2.24) is 15.1 Å². The molecule has 0 saturated heterocycles. The van der Waals surface area contributed by atoms with Gasteiger partial charge in [-0.05, 0) is 49.2 Å². The van der Waals surface area contributed by atoms with Crippen LogP contribution in [0.25, 0.3) is 5.69 Å². The van der Waals surface area contributed by atoms with E-state index in [1.165, 1.54) is 12.1 Å². The molecule has 1 aromatic heterocycles. The standard InChI is InChI=1S/C23H20F6N4O2/c1-10-4-5-14(24)8-15(10)22(35)31-9-13-6-16(25)21(17(26)7-13)33-20(12(3)34)18(30)19(32-33)11(2)23(27,28)29/h4-8,11H,9,30H2,1-3H3,(H,31,35). The molecule has 0 aliphatic carbocycles. The maximum absolute atomic E-state index is 14.9. The van der Waals surface area contributed by atoms with E-state index < -0.39 is 64.0 Å². The summed E-state index contributed by atoms with van der Waals surface area (Å²) < 4.78 is 83.3. The summed E-state index contributed by atoms with van der Waals surface area (Å²) in [7, 11) is 0. The van der Waals surface area contributed by atoms with E-state index in [4.69, 9.17) is 5.73 Å². The van der Waals surface area contributed by atoms with Crippen molar-refractivity contribution in [3.63, 3.8) is 0 Å². The number of aromatic nitrogens is 2. The maximum atomic E-state index is 14.9. The summed E-state index contributed by atoms with van der Waals surface area (Å²) in [5.74, 6) is -6.89. The zero-order valence-electron chi connectivity index (χ0n) is 18.7. The number of nitrogens with one attached hydrogen (secondary N) is 1. The molecular weight excluding hydrogens is 478 g/mol. The van der Waals surface area contributed by atoms with E-state index in [-0.39, 0.29) is 17.7 Å². The summed E-state index contributed by atoms with van der Waals surface area (Å²) in [4.78, 5) is 24.4. The van der Waals surface area contributed by atoms with Crippen LogP contribution in [0.1, 0.15) is 57.4 Å². The number of hydrogen-bond donors (Lipinski definition) is 2. The monoisotopic (exact) mass is 498 g/mol. The van der Waals surface area contributed by atoms with Crippen molar-refractivity contribution < 1.29 is 35.9 Å². The van der Waals surface area contributed by atoms with E-state index in [0.717, 1.165) is 32.0 Å². The number of anilines is 1. The average Bonchev–Trinajstić information content (AvgIpc) is 3.08. The molecule has 186 valence electrons. The Morgan fingerprint density at radius 3 is 2.26 bits per heavy atom. The smallest absolute Gasteiger partial charge is 0.395 e. The summed E-state index contributed by atoms with van der Waals surface area (Å²) >= 11 is 0. The minimum absolute atomic E-state index is 0.0343. The molecule has 6 nitrogen and oxygen atoms in total. The van der Waals surface area contributed by atoms with E-state index in [2.05, 4.69) is 10.4 Å². The van der Waals surface area contributed by atoms with Crippen LogP contribution in [0.5, 0.6) is 0 Å². The van der Waals surface area contributed by atoms with Crippen LogP contribution in [0.2, 0.25) is 0 Å². The van der Waals surface area contributed by atoms with Gasteiger partial charge in [0, 0.05) is 19.0 Å². The molecule has 3 rings (SSSR count). The Morgan fingerprint density at radius 2 is 1.71 bits per heavy atom. The molecule has 1 amide bonds. The van der Waals surface area contributed by atoms with Crippen LogP contribution in [0.15, 0.2) is 30.3 Å². The Labute approximate surface area is 195 Å². The third kappa shape index (κ3) is 5.15. The van der Waals surface area contributed by atoms with Gasteiger partial charge in [-0.25, -0.2) is 17.9 Å². The molecule has 1 heterocycles. The third-order valence-corrected chi connectivity index (χ3v) is 5.37. The second kappa shape index (κ2) is 9.43. The highest BCUT2D eigenvalue weighted by atomic mass is 19.4. The highest BCUT2D eigenvalue weighted by molar-refractivity contribution is 5.98. The molecule has 12 heteroatoms. The summed E-state index contributed by atoms with van der Waals surface area (Å²) in [5.41, 5.74) is 3.29. The number of carbonyl (C=O) groups excluding carboxylic acids is 2. The minimum Gasteiger partial charge on any atom is -0.395 e.